The molecule has 0 aliphatic carbocycles. The number of nitrogen functional groups attached to an aromatic ring is 1. The van der Waals surface area contributed by atoms with Crippen LogP contribution in [0.5, 0.6) is 0 Å². The molecule has 1 rings (SSSR count). The van der Waals surface area contributed by atoms with E-state index in [4.69, 9.17) is 25.2 Å². The zero-order valence-electron chi connectivity index (χ0n) is 22.6. The molecule has 0 saturated carbocycles. The van der Waals surface area contributed by atoms with Crippen molar-refractivity contribution in [3.8, 4) is 0 Å². The van der Waals surface area contributed by atoms with Gasteiger partial charge in [-0.1, -0.05) is 96.8 Å². The van der Waals surface area contributed by atoms with E-state index < -0.39 is 42.0 Å². The average Bonchev–Trinajstić information content (AvgIpc) is 2.83. The van der Waals surface area contributed by atoms with E-state index in [0.29, 0.717) is 12.1 Å². The van der Waals surface area contributed by atoms with Gasteiger partial charge in [0, 0.05) is 17.7 Å². The minimum absolute atomic E-state index is 0.122. The van der Waals surface area contributed by atoms with Crippen LogP contribution in [0.15, 0.2) is 24.3 Å². The van der Waals surface area contributed by atoms with Crippen LogP contribution in [0, 0.1) is 0 Å². The molecule has 0 amide bonds. The molecule has 0 aromatic heterocycles. The number of benzene rings is 1. The van der Waals surface area contributed by atoms with Crippen molar-refractivity contribution in [3.63, 3.8) is 0 Å². The van der Waals surface area contributed by atoms with Crippen molar-refractivity contribution >= 4 is 23.4 Å². The van der Waals surface area contributed by atoms with Crippen LogP contribution >= 0.6 is 0 Å². The fourth-order valence-corrected chi connectivity index (χ4v) is 3.85. The fraction of sp³-hybridized carbons (Fsp3) is 0.667. The Hall–Kier alpha value is -1.82. The monoisotopic (exact) mass is 577 g/mol. The second kappa shape index (κ2) is 22.0. The molecule has 0 bridgehead atoms. The van der Waals surface area contributed by atoms with Crippen LogP contribution in [0.1, 0.15) is 120 Å². The van der Waals surface area contributed by atoms with Crippen LogP contribution in [0.2, 0.25) is 0 Å². The third kappa shape index (κ3) is 22.2. The number of Topliss-reactive ketones (excluding diaryl/α,β-unsaturated/α-hetero) is 1. The summed E-state index contributed by atoms with van der Waals surface area (Å²) < 4.78 is 34.5. The first kappa shape index (κ1) is 36.2. The normalized spacial score (nSPS) is 11.8. The number of unbranched alkanes of at least 4 members (excludes halogenated alkanes) is 14. The molecule has 10 nitrogen and oxygen atoms in total. The van der Waals surface area contributed by atoms with Gasteiger partial charge >= 0.3 is 44.8 Å². The average molecular weight is 578 g/mol. The third-order valence-corrected chi connectivity index (χ3v) is 5.89. The van der Waals surface area contributed by atoms with Crippen molar-refractivity contribution in [2.24, 2.45) is 0 Å². The van der Waals surface area contributed by atoms with Gasteiger partial charge in [0.2, 0.25) is 5.78 Å². The molecule has 0 radical (unpaired) electrons. The Bertz CT molecular complexity index is 776. The van der Waals surface area contributed by atoms with Crippen molar-refractivity contribution in [3.05, 3.63) is 29.8 Å². The summed E-state index contributed by atoms with van der Waals surface area (Å²) in [6.45, 7) is 2.25. The second-order valence-corrected chi connectivity index (χ2v) is 11.4. The standard InChI is InChI=1S/C27H43NO5.4H2O.Ti/c1-2-3-4-5-6-7-8-9-10-11-12-13-14-15-16-17-24(29)33-26(27(31)32)25(30)22-18-20-23(28)21-19-22;;;;;/h18-21,26H,2-17,28H2,1H3,(H,31,32);4*1H2;/q;;;;;+4/p-4. The topological polar surface area (TPSA) is 188 Å². The minimum atomic E-state index is -5.00. The predicted molar refractivity (Wildman–Crippen MR) is 141 cm³/mol. The van der Waals surface area contributed by atoms with E-state index in [1.54, 1.807) is 0 Å². The summed E-state index contributed by atoms with van der Waals surface area (Å²) in [7, 11) is 0. The van der Waals surface area contributed by atoms with Crippen molar-refractivity contribution in [1.82, 2.24) is 0 Å². The Kier molecular flexibility index (Phi) is 21.0. The van der Waals surface area contributed by atoms with E-state index in [1.807, 2.05) is 0 Å². The van der Waals surface area contributed by atoms with Gasteiger partial charge in [-0.15, -0.1) is 0 Å². The van der Waals surface area contributed by atoms with Gasteiger partial charge in [-0.3, -0.25) is 9.59 Å². The van der Waals surface area contributed by atoms with Crippen molar-refractivity contribution in [2.45, 2.75) is 116 Å². The summed E-state index contributed by atoms with van der Waals surface area (Å²) in [4.78, 5) is 35.8. The van der Waals surface area contributed by atoms with Crippen LogP contribution in [-0.2, 0) is 32.5 Å². The van der Waals surface area contributed by atoms with Crippen LogP contribution in [0.25, 0.3) is 0 Å². The molecule has 0 aliphatic rings. The summed E-state index contributed by atoms with van der Waals surface area (Å²) in [5.41, 5.74) is 6.19. The van der Waals surface area contributed by atoms with E-state index in [0.717, 1.165) is 19.3 Å². The fourth-order valence-electron chi connectivity index (χ4n) is 3.85. The number of hydrogen-bond donors (Lipinski definition) is 6. The van der Waals surface area contributed by atoms with Gasteiger partial charge in [0.1, 0.15) is 0 Å². The molecule has 0 saturated heterocycles. The van der Waals surface area contributed by atoms with Crippen LogP contribution in [0.3, 0.4) is 0 Å². The molecule has 0 heterocycles. The zero-order valence-corrected chi connectivity index (χ0v) is 24.2. The number of anilines is 1. The maximum absolute atomic E-state index is 12.3. The molecule has 0 spiro atoms. The van der Waals surface area contributed by atoms with Crippen LogP contribution < -0.4 is 5.73 Å². The van der Waals surface area contributed by atoms with Gasteiger partial charge in [0.05, 0.1) is 0 Å². The molecular weight excluding hydrogens is 530 g/mol. The number of esters is 1. The summed E-state index contributed by atoms with van der Waals surface area (Å²) in [5.74, 6) is -2.88. The molecule has 1 atom stereocenters. The number of aliphatic carboxylic acids is 1. The van der Waals surface area contributed by atoms with E-state index in [2.05, 4.69) is 6.92 Å². The quantitative estimate of drug-likeness (QED) is 0.0322. The molecule has 218 valence electrons. The Morgan fingerprint density at radius 1 is 0.737 bits per heavy atom. The second-order valence-electron chi connectivity index (χ2n) is 9.49. The number of carboxylic acid groups (broad SMARTS) is 1. The molecule has 1 aromatic carbocycles. The Morgan fingerprint density at radius 3 is 1.47 bits per heavy atom. The van der Waals surface area contributed by atoms with E-state index in [-0.39, 0.29) is 12.0 Å². The van der Waals surface area contributed by atoms with Crippen LogP contribution in [0.4, 0.5) is 5.69 Å². The van der Waals surface area contributed by atoms with E-state index in [9.17, 15) is 19.5 Å². The van der Waals surface area contributed by atoms with Crippen molar-refractivity contribution < 1.29 is 57.1 Å². The van der Waals surface area contributed by atoms with Gasteiger partial charge < -0.3 is 15.6 Å². The molecule has 11 heteroatoms. The number of carboxylic acids is 1. The molecular formula is C27H47NO9Ti. The van der Waals surface area contributed by atoms with Gasteiger partial charge in [-0.2, -0.15) is 0 Å². The number of nitrogens with two attached hydrogens (primary N) is 1. The summed E-state index contributed by atoms with van der Waals surface area (Å²) >= 11 is -5.00. The van der Waals surface area contributed by atoms with E-state index in [1.165, 1.54) is 94.9 Å². The number of carbonyl (C=O) groups excluding carboxylic acids is 2. The Balaban J connectivity index is 0.00000249. The zero-order chi connectivity index (χ0) is 28.8. The van der Waals surface area contributed by atoms with Gasteiger partial charge in [-0.25, -0.2) is 4.79 Å². The van der Waals surface area contributed by atoms with E-state index >= 15 is 0 Å². The first-order chi connectivity index (χ1) is 18.0. The SMILES string of the molecule is CCCCCCCCCCCCCCCCCC(=O)OC(C(=O)O)C(=O)c1ccc(N)cc1.[OH][Ti]([OH])([OH])[OH]. The summed E-state index contributed by atoms with van der Waals surface area (Å²) in [5, 5.41) is 9.29. The predicted octanol–water partition coefficient (Wildman–Crippen LogP) is 4.48. The van der Waals surface area contributed by atoms with Crippen LogP contribution in [-0.4, -0.2) is 43.7 Å². The molecule has 1 unspecified atom stereocenters. The summed E-state index contributed by atoms with van der Waals surface area (Å²) in [6.07, 6.45) is 16.7. The number of ether oxygens (including phenoxy) is 1. The van der Waals surface area contributed by atoms with Crippen molar-refractivity contribution in [2.75, 3.05) is 5.73 Å². The first-order valence-electron chi connectivity index (χ1n) is 13.7. The molecule has 38 heavy (non-hydrogen) atoms. The molecule has 1 aromatic rings. The number of ketones is 1. The van der Waals surface area contributed by atoms with Gasteiger partial charge in [-0.05, 0) is 30.7 Å². The first-order valence-corrected chi connectivity index (χ1v) is 16.5. The van der Waals surface area contributed by atoms with Gasteiger partial charge in [0.25, 0.3) is 6.10 Å². The Labute approximate surface area is 231 Å². The Morgan fingerprint density at radius 2 is 1.11 bits per heavy atom. The third-order valence-electron chi connectivity index (χ3n) is 5.89. The summed E-state index contributed by atoms with van der Waals surface area (Å²) in [6, 6.07) is 5.86. The van der Waals surface area contributed by atoms with Crippen molar-refractivity contribution in [1.29, 1.82) is 0 Å². The molecule has 0 aliphatic heterocycles. The maximum atomic E-state index is 12.3. The number of hydrogen-bond acceptors (Lipinski definition) is 9. The molecule has 0 fully saturated rings. The van der Waals surface area contributed by atoms with Gasteiger partial charge in [0.15, 0.2) is 0 Å². The molecule has 7 N–H and O–H groups in total. The number of rotatable bonds is 20. The number of carbonyl (C=O) groups is 3.